The lowest BCUT2D eigenvalue weighted by Gasteiger charge is -2.30. The van der Waals surface area contributed by atoms with Crippen LogP contribution < -0.4 is 11.1 Å². The molecule has 1 aliphatic carbocycles. The van der Waals surface area contributed by atoms with Gasteiger partial charge in [-0.1, -0.05) is 26.2 Å². The first kappa shape index (κ1) is 16.7. The van der Waals surface area contributed by atoms with Crippen LogP contribution in [-0.4, -0.2) is 19.0 Å². The van der Waals surface area contributed by atoms with Crippen LogP contribution in [-0.2, 0) is 4.79 Å². The van der Waals surface area contributed by atoms with E-state index in [1.807, 2.05) is 13.8 Å². The summed E-state index contributed by atoms with van der Waals surface area (Å²) in [6, 6.07) is 0. The fourth-order valence-electron chi connectivity index (χ4n) is 2.25. The van der Waals surface area contributed by atoms with E-state index in [9.17, 15) is 4.79 Å². The van der Waals surface area contributed by atoms with Gasteiger partial charge in [0.2, 0.25) is 5.91 Å². The number of halogens is 1. The van der Waals surface area contributed by atoms with Gasteiger partial charge < -0.3 is 11.1 Å². The van der Waals surface area contributed by atoms with Gasteiger partial charge in [0.05, 0.1) is 5.41 Å². The SMILES string of the molecule is CC1CCCCC1CNC(=O)C(C)(C)CN.Cl. The molecule has 1 amide bonds. The number of carbonyl (C=O) groups excluding carboxylic acids is 1. The monoisotopic (exact) mass is 262 g/mol. The van der Waals surface area contributed by atoms with E-state index < -0.39 is 5.41 Å². The summed E-state index contributed by atoms with van der Waals surface area (Å²) in [5.41, 5.74) is 5.15. The molecule has 102 valence electrons. The average Bonchev–Trinajstić information content (AvgIpc) is 2.27. The first-order valence-corrected chi connectivity index (χ1v) is 6.45. The van der Waals surface area contributed by atoms with Crippen LogP contribution in [0.1, 0.15) is 46.5 Å². The highest BCUT2D eigenvalue weighted by molar-refractivity contribution is 5.85. The zero-order valence-corrected chi connectivity index (χ0v) is 12.1. The Morgan fingerprint density at radius 3 is 2.47 bits per heavy atom. The molecule has 4 heteroatoms. The fraction of sp³-hybridized carbons (Fsp3) is 0.923. The minimum absolute atomic E-state index is 0. The van der Waals surface area contributed by atoms with Crippen molar-refractivity contribution in [3.05, 3.63) is 0 Å². The van der Waals surface area contributed by atoms with E-state index in [4.69, 9.17) is 5.73 Å². The molecular formula is C13H27ClN2O. The summed E-state index contributed by atoms with van der Waals surface area (Å²) in [5.74, 6) is 1.49. The molecule has 0 aromatic heterocycles. The molecule has 0 spiro atoms. The molecule has 0 aliphatic heterocycles. The highest BCUT2D eigenvalue weighted by Gasteiger charge is 2.27. The van der Waals surface area contributed by atoms with E-state index in [2.05, 4.69) is 12.2 Å². The smallest absolute Gasteiger partial charge is 0.226 e. The van der Waals surface area contributed by atoms with Crippen molar-refractivity contribution < 1.29 is 4.79 Å². The number of hydrogen-bond donors (Lipinski definition) is 2. The molecule has 17 heavy (non-hydrogen) atoms. The maximum atomic E-state index is 11.9. The zero-order chi connectivity index (χ0) is 12.2. The predicted molar refractivity (Wildman–Crippen MR) is 74.2 cm³/mol. The Morgan fingerprint density at radius 1 is 1.35 bits per heavy atom. The number of carbonyl (C=O) groups is 1. The Morgan fingerprint density at radius 2 is 1.94 bits per heavy atom. The van der Waals surface area contributed by atoms with E-state index >= 15 is 0 Å². The minimum Gasteiger partial charge on any atom is -0.355 e. The van der Waals surface area contributed by atoms with Crippen molar-refractivity contribution in [2.45, 2.75) is 46.5 Å². The summed E-state index contributed by atoms with van der Waals surface area (Å²) in [6.07, 6.45) is 5.22. The van der Waals surface area contributed by atoms with E-state index in [-0.39, 0.29) is 18.3 Å². The second kappa shape index (κ2) is 7.22. The lowest BCUT2D eigenvalue weighted by molar-refractivity contribution is -0.129. The van der Waals surface area contributed by atoms with Gasteiger partial charge in [0.25, 0.3) is 0 Å². The van der Waals surface area contributed by atoms with E-state index in [0.717, 1.165) is 12.5 Å². The maximum Gasteiger partial charge on any atom is 0.226 e. The number of nitrogens with one attached hydrogen (secondary N) is 1. The Hall–Kier alpha value is -0.280. The molecule has 2 atom stereocenters. The second-order valence-electron chi connectivity index (χ2n) is 5.82. The fourth-order valence-corrected chi connectivity index (χ4v) is 2.25. The number of nitrogens with two attached hydrogens (primary N) is 1. The van der Waals surface area contributed by atoms with Gasteiger partial charge in [-0.25, -0.2) is 0 Å². The van der Waals surface area contributed by atoms with Crippen LogP contribution >= 0.6 is 12.4 Å². The Bertz CT molecular complexity index is 244. The van der Waals surface area contributed by atoms with Gasteiger partial charge in [-0.3, -0.25) is 4.79 Å². The quantitative estimate of drug-likeness (QED) is 0.817. The average molecular weight is 263 g/mol. The molecule has 1 saturated carbocycles. The molecule has 0 aromatic rings. The van der Waals surface area contributed by atoms with Crippen LogP contribution in [0.4, 0.5) is 0 Å². The van der Waals surface area contributed by atoms with Crippen molar-refractivity contribution in [1.29, 1.82) is 0 Å². The summed E-state index contributed by atoms with van der Waals surface area (Å²) in [4.78, 5) is 11.9. The molecule has 3 N–H and O–H groups in total. The third-order valence-corrected chi connectivity index (χ3v) is 3.94. The summed E-state index contributed by atoms with van der Waals surface area (Å²) >= 11 is 0. The van der Waals surface area contributed by atoms with Crippen LogP contribution in [0.15, 0.2) is 0 Å². The third kappa shape index (κ3) is 4.84. The van der Waals surface area contributed by atoms with Gasteiger partial charge in [-0.15, -0.1) is 12.4 Å². The molecular weight excluding hydrogens is 236 g/mol. The predicted octanol–water partition coefficient (Wildman–Crippen LogP) is 2.34. The topological polar surface area (TPSA) is 55.1 Å². The molecule has 1 rings (SSSR count). The van der Waals surface area contributed by atoms with Crippen LogP contribution in [0.5, 0.6) is 0 Å². The van der Waals surface area contributed by atoms with Crippen molar-refractivity contribution in [3.63, 3.8) is 0 Å². The number of hydrogen-bond acceptors (Lipinski definition) is 2. The van der Waals surface area contributed by atoms with Gasteiger partial charge in [0.15, 0.2) is 0 Å². The molecule has 0 aromatic carbocycles. The Balaban J connectivity index is 0.00000256. The summed E-state index contributed by atoms with van der Waals surface area (Å²) in [5, 5.41) is 3.06. The molecule has 0 bridgehead atoms. The van der Waals surface area contributed by atoms with Crippen molar-refractivity contribution in [3.8, 4) is 0 Å². The molecule has 1 fully saturated rings. The van der Waals surface area contributed by atoms with Gasteiger partial charge in [0.1, 0.15) is 0 Å². The number of amides is 1. The van der Waals surface area contributed by atoms with Gasteiger partial charge in [-0.05, 0) is 32.1 Å². The second-order valence-corrected chi connectivity index (χ2v) is 5.82. The lowest BCUT2D eigenvalue weighted by atomic mass is 9.80. The zero-order valence-electron chi connectivity index (χ0n) is 11.3. The standard InChI is InChI=1S/C13H26N2O.ClH/c1-10-6-4-5-7-11(10)8-15-12(16)13(2,3)9-14;/h10-11H,4-9,14H2,1-3H3,(H,15,16);1H. The third-order valence-electron chi connectivity index (χ3n) is 3.94. The molecule has 0 saturated heterocycles. The van der Waals surface area contributed by atoms with Crippen molar-refractivity contribution >= 4 is 18.3 Å². The summed E-state index contributed by atoms with van der Waals surface area (Å²) in [6.45, 7) is 7.31. The van der Waals surface area contributed by atoms with Crippen LogP contribution in [0, 0.1) is 17.3 Å². The molecule has 1 aliphatic rings. The lowest BCUT2D eigenvalue weighted by Crippen LogP contribution is -2.44. The van der Waals surface area contributed by atoms with Gasteiger partial charge in [-0.2, -0.15) is 0 Å². The molecule has 0 heterocycles. The normalized spacial score (nSPS) is 24.9. The molecule has 3 nitrogen and oxygen atoms in total. The summed E-state index contributed by atoms with van der Waals surface area (Å²) in [7, 11) is 0. The van der Waals surface area contributed by atoms with Crippen molar-refractivity contribution in [2.24, 2.45) is 23.0 Å². The van der Waals surface area contributed by atoms with Crippen LogP contribution in [0.2, 0.25) is 0 Å². The van der Waals surface area contributed by atoms with Gasteiger partial charge in [0, 0.05) is 13.1 Å². The van der Waals surface area contributed by atoms with Crippen molar-refractivity contribution in [1.82, 2.24) is 5.32 Å². The first-order chi connectivity index (χ1) is 7.47. The molecule has 0 radical (unpaired) electrons. The highest BCUT2D eigenvalue weighted by Crippen LogP contribution is 2.29. The van der Waals surface area contributed by atoms with Crippen LogP contribution in [0.3, 0.4) is 0 Å². The van der Waals surface area contributed by atoms with E-state index in [1.54, 1.807) is 0 Å². The summed E-state index contributed by atoms with van der Waals surface area (Å²) < 4.78 is 0. The Labute approximate surface area is 111 Å². The number of rotatable bonds is 4. The first-order valence-electron chi connectivity index (χ1n) is 6.45. The van der Waals surface area contributed by atoms with Crippen molar-refractivity contribution in [2.75, 3.05) is 13.1 Å². The van der Waals surface area contributed by atoms with E-state index in [1.165, 1.54) is 25.7 Å². The Kier molecular flexibility index (Phi) is 7.10. The largest absolute Gasteiger partial charge is 0.355 e. The molecule has 2 unspecified atom stereocenters. The minimum atomic E-state index is -0.433. The maximum absolute atomic E-state index is 11.9. The highest BCUT2D eigenvalue weighted by atomic mass is 35.5. The van der Waals surface area contributed by atoms with Crippen LogP contribution in [0.25, 0.3) is 0 Å². The van der Waals surface area contributed by atoms with E-state index in [0.29, 0.717) is 12.5 Å². The van der Waals surface area contributed by atoms with Gasteiger partial charge >= 0.3 is 0 Å².